The summed E-state index contributed by atoms with van der Waals surface area (Å²) in [5.41, 5.74) is 2.60. The van der Waals surface area contributed by atoms with Crippen LogP contribution in [0.2, 0.25) is 0 Å². The Morgan fingerprint density at radius 1 is 1.00 bits per heavy atom. The van der Waals surface area contributed by atoms with Gasteiger partial charge in [0.1, 0.15) is 0 Å². The number of ether oxygens (including phenoxy) is 1. The molecule has 0 aromatic heterocycles. The highest BCUT2D eigenvalue weighted by Crippen LogP contribution is 2.17. The number of benzene rings is 2. The maximum absolute atomic E-state index is 12.3. The highest BCUT2D eigenvalue weighted by Gasteiger charge is 2.13. The van der Waals surface area contributed by atoms with Crippen LogP contribution in [0.5, 0.6) is 0 Å². The van der Waals surface area contributed by atoms with E-state index in [1.54, 1.807) is 0 Å². The molecule has 5 nitrogen and oxygen atoms in total. The van der Waals surface area contributed by atoms with E-state index in [4.69, 9.17) is 4.74 Å². The van der Waals surface area contributed by atoms with Gasteiger partial charge in [-0.05, 0) is 42.0 Å². The number of nitrogens with one attached hydrogen (secondary N) is 1. The van der Waals surface area contributed by atoms with Gasteiger partial charge < -0.3 is 15.0 Å². The minimum absolute atomic E-state index is 0.00621. The van der Waals surface area contributed by atoms with Gasteiger partial charge in [0, 0.05) is 28.8 Å². The zero-order valence-electron chi connectivity index (χ0n) is 14.4. The van der Waals surface area contributed by atoms with Crippen LogP contribution in [-0.4, -0.2) is 44.5 Å². The zero-order chi connectivity index (χ0) is 18.4. The summed E-state index contributed by atoms with van der Waals surface area (Å²) in [4.78, 5) is 26.5. The van der Waals surface area contributed by atoms with Crippen molar-refractivity contribution in [1.82, 2.24) is 5.32 Å². The molecule has 1 heterocycles. The van der Waals surface area contributed by atoms with E-state index in [1.807, 2.05) is 48.5 Å². The number of nitrogens with zero attached hydrogens (tertiary/aromatic N) is 1. The predicted molar refractivity (Wildman–Crippen MR) is 105 cm³/mol. The number of halogens is 1. The van der Waals surface area contributed by atoms with Crippen molar-refractivity contribution in [2.75, 3.05) is 37.7 Å². The first kappa shape index (κ1) is 18.6. The van der Waals surface area contributed by atoms with Crippen LogP contribution in [0.1, 0.15) is 15.9 Å². The van der Waals surface area contributed by atoms with Crippen LogP contribution in [0.25, 0.3) is 0 Å². The van der Waals surface area contributed by atoms with Crippen LogP contribution in [0.15, 0.2) is 53.0 Å². The number of carbonyl (C=O) groups is 2. The molecule has 0 radical (unpaired) electrons. The fourth-order valence-corrected chi connectivity index (χ4v) is 3.08. The summed E-state index contributed by atoms with van der Waals surface area (Å²) in [5.74, 6) is -0.256. The predicted octanol–water partition coefficient (Wildman–Crippen LogP) is 2.83. The maximum atomic E-state index is 12.3. The van der Waals surface area contributed by atoms with Gasteiger partial charge in [0.05, 0.1) is 26.2 Å². The van der Waals surface area contributed by atoms with Gasteiger partial charge in [-0.3, -0.25) is 9.59 Å². The number of Topliss-reactive ketones (excluding diaryl/α,β-unsaturated/α-hetero) is 1. The molecule has 1 saturated heterocycles. The number of anilines is 1. The Morgan fingerprint density at radius 3 is 2.31 bits per heavy atom. The second-order valence-corrected chi connectivity index (χ2v) is 7.07. The molecular weight excluding hydrogens is 396 g/mol. The summed E-state index contributed by atoms with van der Waals surface area (Å²) in [6, 6.07) is 15.1. The highest BCUT2D eigenvalue weighted by atomic mass is 79.9. The average Bonchev–Trinajstić information content (AvgIpc) is 2.69. The molecule has 2 aromatic carbocycles. The molecule has 2 aromatic rings. The summed E-state index contributed by atoms with van der Waals surface area (Å²) >= 11 is 3.36. The van der Waals surface area contributed by atoms with E-state index in [-0.39, 0.29) is 24.7 Å². The molecule has 0 saturated carbocycles. The number of ketones is 1. The molecule has 3 rings (SSSR count). The Balaban J connectivity index is 1.49. The Morgan fingerprint density at radius 2 is 1.65 bits per heavy atom. The third-order valence-electron chi connectivity index (χ3n) is 4.29. The molecule has 1 aliphatic heterocycles. The maximum Gasteiger partial charge on any atom is 0.224 e. The fourth-order valence-electron chi connectivity index (χ4n) is 2.81. The normalized spacial score (nSPS) is 14.1. The quantitative estimate of drug-likeness (QED) is 0.735. The van der Waals surface area contributed by atoms with Gasteiger partial charge in [-0.25, -0.2) is 0 Å². The fraction of sp³-hybridized carbons (Fsp3) is 0.300. The minimum atomic E-state index is -0.161. The second kappa shape index (κ2) is 8.96. The molecular formula is C20H21BrN2O3. The Hall–Kier alpha value is -2.18. The van der Waals surface area contributed by atoms with Gasteiger partial charge in [-0.15, -0.1) is 0 Å². The number of morpholine rings is 1. The first-order valence-corrected chi connectivity index (χ1v) is 9.38. The number of carbonyl (C=O) groups excluding carboxylic acids is 2. The third-order valence-corrected chi connectivity index (χ3v) is 4.82. The van der Waals surface area contributed by atoms with Crippen molar-refractivity contribution in [3.63, 3.8) is 0 Å². The standard InChI is InChI=1S/C20H21BrN2O3/c21-17-5-1-15(2-6-17)13-20(25)22-14-19(24)16-3-7-18(8-4-16)23-9-11-26-12-10-23/h1-8H,9-14H2,(H,22,25). The van der Waals surface area contributed by atoms with Gasteiger partial charge in [0.15, 0.2) is 5.78 Å². The zero-order valence-corrected chi connectivity index (χ0v) is 16.0. The SMILES string of the molecule is O=C(Cc1ccc(Br)cc1)NCC(=O)c1ccc(N2CCOCC2)cc1. The summed E-state index contributed by atoms with van der Waals surface area (Å²) in [6.45, 7) is 3.18. The monoisotopic (exact) mass is 416 g/mol. The lowest BCUT2D eigenvalue weighted by Gasteiger charge is -2.28. The molecule has 1 amide bonds. The molecule has 0 unspecified atom stereocenters. The van der Waals surface area contributed by atoms with Crippen molar-refractivity contribution >= 4 is 33.3 Å². The van der Waals surface area contributed by atoms with Crippen LogP contribution in [0.4, 0.5) is 5.69 Å². The van der Waals surface area contributed by atoms with Gasteiger partial charge >= 0.3 is 0 Å². The van der Waals surface area contributed by atoms with Crippen LogP contribution in [-0.2, 0) is 16.0 Å². The molecule has 0 aliphatic carbocycles. The van der Waals surface area contributed by atoms with E-state index in [0.29, 0.717) is 5.56 Å². The number of amides is 1. The molecule has 26 heavy (non-hydrogen) atoms. The second-order valence-electron chi connectivity index (χ2n) is 6.15. The van der Waals surface area contributed by atoms with Gasteiger partial charge in [0.25, 0.3) is 0 Å². The van der Waals surface area contributed by atoms with E-state index < -0.39 is 0 Å². The van der Waals surface area contributed by atoms with E-state index >= 15 is 0 Å². The largest absolute Gasteiger partial charge is 0.378 e. The van der Waals surface area contributed by atoms with Crippen LogP contribution >= 0.6 is 15.9 Å². The lowest BCUT2D eigenvalue weighted by molar-refractivity contribution is -0.120. The van der Waals surface area contributed by atoms with Gasteiger partial charge in [0.2, 0.25) is 5.91 Å². The summed E-state index contributed by atoms with van der Waals surface area (Å²) in [6.07, 6.45) is 0.260. The molecule has 1 fully saturated rings. The first-order chi connectivity index (χ1) is 12.6. The molecule has 0 atom stereocenters. The summed E-state index contributed by atoms with van der Waals surface area (Å²) < 4.78 is 6.32. The molecule has 1 N–H and O–H groups in total. The Labute approximate surface area is 161 Å². The number of hydrogen-bond donors (Lipinski definition) is 1. The van der Waals surface area contributed by atoms with Crippen molar-refractivity contribution in [3.8, 4) is 0 Å². The van der Waals surface area contributed by atoms with Crippen molar-refractivity contribution < 1.29 is 14.3 Å². The van der Waals surface area contributed by atoms with Crippen molar-refractivity contribution in [3.05, 3.63) is 64.1 Å². The number of rotatable bonds is 6. The van der Waals surface area contributed by atoms with Crippen molar-refractivity contribution in [2.24, 2.45) is 0 Å². The molecule has 0 spiro atoms. The smallest absolute Gasteiger partial charge is 0.224 e. The molecule has 0 bridgehead atoms. The van der Waals surface area contributed by atoms with E-state index in [1.165, 1.54) is 0 Å². The summed E-state index contributed by atoms with van der Waals surface area (Å²) in [5, 5.41) is 2.69. The molecule has 6 heteroatoms. The van der Waals surface area contributed by atoms with Crippen molar-refractivity contribution in [1.29, 1.82) is 0 Å². The first-order valence-electron chi connectivity index (χ1n) is 8.59. The van der Waals surface area contributed by atoms with E-state index in [2.05, 4.69) is 26.1 Å². The lowest BCUT2D eigenvalue weighted by Crippen LogP contribution is -2.36. The van der Waals surface area contributed by atoms with Gasteiger partial charge in [-0.2, -0.15) is 0 Å². The van der Waals surface area contributed by atoms with Crippen molar-refractivity contribution in [2.45, 2.75) is 6.42 Å². The Kier molecular flexibility index (Phi) is 6.41. The highest BCUT2D eigenvalue weighted by molar-refractivity contribution is 9.10. The van der Waals surface area contributed by atoms with Crippen LogP contribution < -0.4 is 10.2 Å². The van der Waals surface area contributed by atoms with Gasteiger partial charge in [-0.1, -0.05) is 28.1 Å². The van der Waals surface area contributed by atoms with Crippen LogP contribution in [0, 0.1) is 0 Å². The average molecular weight is 417 g/mol. The molecule has 1 aliphatic rings. The number of hydrogen-bond acceptors (Lipinski definition) is 4. The van der Waals surface area contributed by atoms with E-state index in [9.17, 15) is 9.59 Å². The topological polar surface area (TPSA) is 58.6 Å². The Bertz CT molecular complexity index is 754. The summed E-state index contributed by atoms with van der Waals surface area (Å²) in [7, 11) is 0. The lowest BCUT2D eigenvalue weighted by atomic mass is 10.1. The molecule has 136 valence electrons. The minimum Gasteiger partial charge on any atom is -0.378 e. The van der Waals surface area contributed by atoms with Crippen LogP contribution in [0.3, 0.4) is 0 Å². The third kappa shape index (κ3) is 5.16. The van der Waals surface area contributed by atoms with E-state index in [0.717, 1.165) is 42.0 Å².